The molecular weight excluding hydrogens is 370 g/mol. The third-order valence-electron chi connectivity index (χ3n) is 8.17. The van der Waals surface area contributed by atoms with Gasteiger partial charge in [-0.15, -0.1) is 0 Å². The Kier molecular flexibility index (Phi) is 6.91. The van der Waals surface area contributed by atoms with Gasteiger partial charge in [-0.25, -0.2) is 0 Å². The molecule has 1 aromatic rings. The van der Waals surface area contributed by atoms with Crippen LogP contribution >= 0.6 is 0 Å². The van der Waals surface area contributed by atoms with Gasteiger partial charge in [0.05, 0.1) is 14.2 Å². The molecule has 3 nitrogen and oxygen atoms in total. The number of unbranched alkanes of at least 4 members (excludes halogenated alkanes) is 3. The van der Waals surface area contributed by atoms with Gasteiger partial charge in [0.1, 0.15) is 11.5 Å². The summed E-state index contributed by atoms with van der Waals surface area (Å²) in [5.41, 5.74) is 10.4. The van der Waals surface area contributed by atoms with Gasteiger partial charge in [0.2, 0.25) is 0 Å². The zero-order valence-electron chi connectivity index (χ0n) is 20.3. The van der Waals surface area contributed by atoms with E-state index < -0.39 is 0 Å². The molecule has 3 heteroatoms. The fraction of sp³-hybridized carbons (Fsp3) is 0.704. The molecule has 0 heterocycles. The first-order chi connectivity index (χ1) is 14.2. The number of rotatable bonds is 10. The van der Waals surface area contributed by atoms with E-state index >= 15 is 0 Å². The molecule has 3 atom stereocenters. The van der Waals surface area contributed by atoms with E-state index in [-0.39, 0.29) is 10.8 Å². The average molecular weight is 414 g/mol. The minimum Gasteiger partial charge on any atom is -0.496 e. The van der Waals surface area contributed by atoms with Gasteiger partial charge < -0.3 is 15.2 Å². The highest BCUT2D eigenvalue weighted by Crippen LogP contribution is 2.65. The van der Waals surface area contributed by atoms with Crippen molar-refractivity contribution < 1.29 is 9.47 Å². The molecule has 1 fully saturated rings. The highest BCUT2D eigenvalue weighted by Gasteiger charge is 2.55. The van der Waals surface area contributed by atoms with E-state index in [2.05, 4.69) is 52.8 Å². The van der Waals surface area contributed by atoms with Crippen LogP contribution in [-0.4, -0.2) is 20.8 Å². The van der Waals surface area contributed by atoms with Crippen LogP contribution in [-0.2, 0) is 5.41 Å². The van der Waals surface area contributed by atoms with Crippen LogP contribution in [0.3, 0.4) is 0 Å². The molecule has 2 N–H and O–H groups in total. The van der Waals surface area contributed by atoms with Crippen molar-refractivity contribution >= 4 is 0 Å². The zero-order valence-corrected chi connectivity index (χ0v) is 20.3. The maximum absolute atomic E-state index is 6.14. The van der Waals surface area contributed by atoms with Crippen LogP contribution in [0.4, 0.5) is 0 Å². The summed E-state index contributed by atoms with van der Waals surface area (Å²) in [6, 6.07) is 4.54. The van der Waals surface area contributed by atoms with Crippen LogP contribution in [0.5, 0.6) is 11.5 Å². The summed E-state index contributed by atoms with van der Waals surface area (Å²) in [4.78, 5) is 0. The maximum atomic E-state index is 6.14. The molecule has 4 rings (SSSR count). The first-order valence-corrected chi connectivity index (χ1v) is 11.9. The summed E-state index contributed by atoms with van der Waals surface area (Å²) < 4.78 is 12.0. The lowest BCUT2D eigenvalue weighted by atomic mass is 9.45. The second-order valence-electron chi connectivity index (χ2n) is 10.7. The van der Waals surface area contributed by atoms with Gasteiger partial charge in [0.25, 0.3) is 0 Å². The molecule has 0 aromatic heterocycles. The minimum absolute atomic E-state index is 0.0957. The Balaban J connectivity index is 1.99. The number of methoxy groups -OCH3 is 2. The molecule has 0 unspecified atom stereocenters. The minimum atomic E-state index is 0.0957. The predicted octanol–water partition coefficient (Wildman–Crippen LogP) is 6.60. The summed E-state index contributed by atoms with van der Waals surface area (Å²) in [6.07, 6.45) is 9.97. The molecule has 1 saturated carbocycles. The quantitative estimate of drug-likeness (QED) is 0.347. The van der Waals surface area contributed by atoms with E-state index in [1.54, 1.807) is 14.2 Å². The SMILES string of the molecule is CCCCCCC(C)(C)c1cc(OC)c([C@H]2C=C(CN)[C@H]3C[C@@H]2C3(C)C)c(OC)c1. The zero-order chi connectivity index (χ0) is 22.1. The Hall–Kier alpha value is -1.48. The fourth-order valence-electron chi connectivity index (χ4n) is 5.95. The maximum Gasteiger partial charge on any atom is 0.126 e. The van der Waals surface area contributed by atoms with Crippen molar-refractivity contribution in [2.24, 2.45) is 23.0 Å². The Morgan fingerprint density at radius 2 is 1.70 bits per heavy atom. The first-order valence-electron chi connectivity index (χ1n) is 11.9. The van der Waals surface area contributed by atoms with Crippen molar-refractivity contribution in [1.29, 1.82) is 0 Å². The normalized spacial score (nSPS) is 24.8. The van der Waals surface area contributed by atoms with Gasteiger partial charge in [-0.2, -0.15) is 0 Å². The Morgan fingerprint density at radius 1 is 1.07 bits per heavy atom. The molecule has 0 aliphatic heterocycles. The van der Waals surface area contributed by atoms with Gasteiger partial charge in [-0.05, 0) is 53.2 Å². The van der Waals surface area contributed by atoms with E-state index in [1.807, 2.05) is 0 Å². The van der Waals surface area contributed by atoms with E-state index in [0.29, 0.717) is 24.3 Å². The third kappa shape index (κ3) is 4.02. The molecule has 0 amide bonds. The van der Waals surface area contributed by atoms with E-state index in [0.717, 1.165) is 11.5 Å². The van der Waals surface area contributed by atoms with Crippen molar-refractivity contribution in [3.8, 4) is 11.5 Å². The molecule has 3 aliphatic rings. The Bertz CT molecular complexity index is 752. The smallest absolute Gasteiger partial charge is 0.126 e. The van der Waals surface area contributed by atoms with Crippen molar-refractivity contribution in [2.75, 3.05) is 20.8 Å². The largest absolute Gasteiger partial charge is 0.496 e. The lowest BCUT2D eigenvalue weighted by molar-refractivity contribution is -0.0206. The van der Waals surface area contributed by atoms with Crippen molar-refractivity contribution in [2.45, 2.75) is 84.5 Å². The second-order valence-corrected chi connectivity index (χ2v) is 10.7. The number of ether oxygens (including phenoxy) is 2. The van der Waals surface area contributed by atoms with Gasteiger partial charge in [0.15, 0.2) is 0 Å². The lowest BCUT2D eigenvalue weighted by Gasteiger charge is -2.59. The summed E-state index contributed by atoms with van der Waals surface area (Å²) >= 11 is 0. The van der Waals surface area contributed by atoms with Gasteiger partial charge >= 0.3 is 0 Å². The second kappa shape index (κ2) is 8.94. The predicted molar refractivity (Wildman–Crippen MR) is 127 cm³/mol. The average Bonchev–Trinajstić information content (AvgIpc) is 2.74. The number of allylic oxidation sites excluding steroid dienone is 1. The van der Waals surface area contributed by atoms with E-state index in [1.165, 1.54) is 55.2 Å². The van der Waals surface area contributed by atoms with Gasteiger partial charge in [-0.1, -0.05) is 72.0 Å². The van der Waals surface area contributed by atoms with E-state index in [4.69, 9.17) is 15.2 Å². The molecule has 2 bridgehead atoms. The van der Waals surface area contributed by atoms with Crippen molar-refractivity contribution in [3.63, 3.8) is 0 Å². The highest BCUT2D eigenvalue weighted by molar-refractivity contribution is 5.55. The Morgan fingerprint density at radius 3 is 2.20 bits per heavy atom. The molecule has 30 heavy (non-hydrogen) atoms. The molecule has 1 aromatic carbocycles. The van der Waals surface area contributed by atoms with Gasteiger partial charge in [0, 0.05) is 18.0 Å². The Labute approximate surface area is 184 Å². The van der Waals surface area contributed by atoms with Crippen LogP contribution in [0.2, 0.25) is 0 Å². The number of fused-ring (bicyclic) bond motifs is 1. The number of benzene rings is 1. The molecule has 0 radical (unpaired) electrons. The summed E-state index contributed by atoms with van der Waals surface area (Å²) in [5.74, 6) is 3.46. The summed E-state index contributed by atoms with van der Waals surface area (Å²) in [5, 5.41) is 0. The number of hydrogen-bond donors (Lipinski definition) is 1. The molecular formula is C27H43NO2. The third-order valence-corrected chi connectivity index (χ3v) is 8.17. The van der Waals surface area contributed by atoms with Crippen LogP contribution in [0.25, 0.3) is 0 Å². The molecule has 3 aliphatic carbocycles. The van der Waals surface area contributed by atoms with Crippen LogP contribution in [0.1, 0.15) is 90.2 Å². The monoisotopic (exact) mass is 413 g/mol. The standard InChI is InChI=1S/C27H43NO2/c1-8-9-10-11-12-26(2,3)19-14-23(29-6)25(24(15-19)30-7)20-13-18(17-28)21-16-22(20)27(21,4)5/h13-15,20-22H,8-12,16-17,28H2,1-7H3/t20-,21+,22-/m0/s1. The molecule has 0 saturated heterocycles. The highest BCUT2D eigenvalue weighted by atomic mass is 16.5. The number of nitrogens with two attached hydrogens (primary N) is 1. The molecule has 0 spiro atoms. The topological polar surface area (TPSA) is 44.5 Å². The lowest BCUT2D eigenvalue weighted by Crippen LogP contribution is -2.52. The summed E-state index contributed by atoms with van der Waals surface area (Å²) in [6.45, 7) is 12.4. The van der Waals surface area contributed by atoms with Crippen LogP contribution in [0.15, 0.2) is 23.8 Å². The number of hydrogen-bond acceptors (Lipinski definition) is 3. The van der Waals surface area contributed by atoms with Crippen LogP contribution in [0, 0.1) is 17.3 Å². The van der Waals surface area contributed by atoms with Crippen molar-refractivity contribution in [1.82, 2.24) is 0 Å². The summed E-state index contributed by atoms with van der Waals surface area (Å²) in [7, 11) is 3.59. The van der Waals surface area contributed by atoms with Gasteiger partial charge in [-0.3, -0.25) is 0 Å². The van der Waals surface area contributed by atoms with E-state index in [9.17, 15) is 0 Å². The van der Waals surface area contributed by atoms with Crippen LogP contribution < -0.4 is 15.2 Å². The molecule has 168 valence electrons. The first kappa shape index (κ1) is 23.2. The van der Waals surface area contributed by atoms with Crippen molar-refractivity contribution in [3.05, 3.63) is 34.9 Å². The fourth-order valence-corrected chi connectivity index (χ4v) is 5.95.